The third-order valence-corrected chi connectivity index (χ3v) is 4.01. The Morgan fingerprint density at radius 1 is 1.28 bits per heavy atom. The molecule has 3 nitrogen and oxygen atoms in total. The van der Waals surface area contributed by atoms with Gasteiger partial charge in [-0.05, 0) is 30.0 Å². The molecule has 0 bridgehead atoms. The summed E-state index contributed by atoms with van der Waals surface area (Å²) in [6.45, 7) is 5.55. The zero-order valence-electron chi connectivity index (χ0n) is 11.2. The predicted octanol–water partition coefficient (Wildman–Crippen LogP) is 1.74. The van der Waals surface area contributed by atoms with Crippen LogP contribution in [-0.4, -0.2) is 29.1 Å². The average molecular weight is 248 g/mol. The number of nitrogens with zero attached hydrogens (tertiary/aromatic N) is 1. The highest BCUT2D eigenvalue weighted by molar-refractivity contribution is 5.21. The number of hydrogen-bond acceptors (Lipinski definition) is 3. The highest BCUT2D eigenvalue weighted by Crippen LogP contribution is 2.20. The van der Waals surface area contributed by atoms with Crippen molar-refractivity contribution in [1.29, 1.82) is 0 Å². The maximum atomic E-state index is 9.02. The largest absolute Gasteiger partial charge is 0.392 e. The fraction of sp³-hybridized carbons (Fsp3) is 0.600. The van der Waals surface area contributed by atoms with Crippen LogP contribution in [0.25, 0.3) is 0 Å². The number of nitrogens with two attached hydrogens (primary N) is 1. The number of piperidine rings is 1. The van der Waals surface area contributed by atoms with Crippen LogP contribution in [0.2, 0.25) is 0 Å². The van der Waals surface area contributed by atoms with Crippen molar-refractivity contribution in [2.24, 2.45) is 11.7 Å². The van der Waals surface area contributed by atoms with Crippen molar-refractivity contribution in [3.63, 3.8) is 0 Å². The van der Waals surface area contributed by atoms with Crippen molar-refractivity contribution in [2.75, 3.05) is 13.1 Å². The van der Waals surface area contributed by atoms with Gasteiger partial charge in [-0.2, -0.15) is 0 Å². The van der Waals surface area contributed by atoms with Gasteiger partial charge in [-0.1, -0.05) is 37.6 Å². The monoisotopic (exact) mass is 248 g/mol. The maximum absolute atomic E-state index is 9.02. The highest BCUT2D eigenvalue weighted by atomic mass is 16.3. The zero-order valence-corrected chi connectivity index (χ0v) is 11.2. The van der Waals surface area contributed by atoms with Crippen LogP contribution in [0.15, 0.2) is 24.3 Å². The third-order valence-electron chi connectivity index (χ3n) is 4.01. The molecule has 100 valence electrons. The van der Waals surface area contributed by atoms with Crippen molar-refractivity contribution < 1.29 is 5.11 Å². The van der Waals surface area contributed by atoms with Crippen molar-refractivity contribution in [1.82, 2.24) is 4.90 Å². The van der Waals surface area contributed by atoms with Gasteiger partial charge in [0, 0.05) is 19.1 Å². The van der Waals surface area contributed by atoms with Gasteiger partial charge in [0.1, 0.15) is 0 Å². The molecule has 0 amide bonds. The number of aliphatic hydroxyl groups excluding tert-OH is 1. The van der Waals surface area contributed by atoms with Gasteiger partial charge in [0.05, 0.1) is 6.61 Å². The Hall–Kier alpha value is -0.900. The number of aliphatic hydroxyl groups is 1. The van der Waals surface area contributed by atoms with E-state index in [1.165, 1.54) is 12.0 Å². The molecule has 1 aromatic carbocycles. The van der Waals surface area contributed by atoms with Crippen molar-refractivity contribution >= 4 is 0 Å². The summed E-state index contributed by atoms with van der Waals surface area (Å²) < 4.78 is 0. The SMILES string of the molecule is CCC1CN(Cc2ccc(CO)cc2)CCC1N. The van der Waals surface area contributed by atoms with E-state index in [-0.39, 0.29) is 6.61 Å². The van der Waals surface area contributed by atoms with Gasteiger partial charge >= 0.3 is 0 Å². The molecule has 1 aromatic rings. The van der Waals surface area contributed by atoms with Crippen LogP contribution in [0.3, 0.4) is 0 Å². The standard InChI is InChI=1S/C15H24N2O/c1-2-14-10-17(8-7-15(14)16)9-12-3-5-13(11-18)6-4-12/h3-6,14-15,18H,2,7-11,16H2,1H3. The van der Waals surface area contributed by atoms with Crippen molar-refractivity contribution in [3.05, 3.63) is 35.4 Å². The van der Waals surface area contributed by atoms with Crippen LogP contribution < -0.4 is 5.73 Å². The molecule has 1 saturated heterocycles. The van der Waals surface area contributed by atoms with Crippen LogP contribution >= 0.6 is 0 Å². The van der Waals surface area contributed by atoms with E-state index in [9.17, 15) is 0 Å². The van der Waals surface area contributed by atoms with Gasteiger partial charge in [-0.25, -0.2) is 0 Å². The van der Waals surface area contributed by atoms with Crippen molar-refractivity contribution in [2.45, 2.75) is 39.0 Å². The lowest BCUT2D eigenvalue weighted by atomic mass is 9.90. The minimum Gasteiger partial charge on any atom is -0.392 e. The average Bonchev–Trinajstić information content (AvgIpc) is 2.42. The van der Waals surface area contributed by atoms with Crippen LogP contribution in [0.1, 0.15) is 30.9 Å². The van der Waals surface area contributed by atoms with E-state index in [1.54, 1.807) is 0 Å². The Morgan fingerprint density at radius 2 is 1.94 bits per heavy atom. The molecule has 1 aliphatic rings. The van der Waals surface area contributed by atoms with E-state index in [4.69, 9.17) is 10.8 Å². The van der Waals surface area contributed by atoms with Gasteiger partial charge in [-0.3, -0.25) is 4.90 Å². The lowest BCUT2D eigenvalue weighted by Gasteiger charge is -2.36. The van der Waals surface area contributed by atoms with Gasteiger partial charge in [0.15, 0.2) is 0 Å². The quantitative estimate of drug-likeness (QED) is 0.853. The fourth-order valence-corrected chi connectivity index (χ4v) is 2.71. The van der Waals surface area contributed by atoms with E-state index < -0.39 is 0 Å². The molecule has 2 atom stereocenters. The summed E-state index contributed by atoms with van der Waals surface area (Å²) in [7, 11) is 0. The molecule has 0 saturated carbocycles. The van der Waals surface area contributed by atoms with E-state index in [0.717, 1.165) is 31.6 Å². The molecule has 2 rings (SSSR count). The molecule has 1 heterocycles. The molecule has 3 heteroatoms. The number of rotatable bonds is 4. The fourth-order valence-electron chi connectivity index (χ4n) is 2.71. The van der Waals surface area contributed by atoms with Gasteiger partial charge in [0.2, 0.25) is 0 Å². The summed E-state index contributed by atoms with van der Waals surface area (Å²) in [5.41, 5.74) is 8.42. The Morgan fingerprint density at radius 3 is 2.56 bits per heavy atom. The minimum atomic E-state index is 0.122. The van der Waals surface area contributed by atoms with Gasteiger partial charge in [-0.15, -0.1) is 0 Å². The molecule has 2 unspecified atom stereocenters. The second-order valence-corrected chi connectivity index (χ2v) is 5.33. The Bertz CT molecular complexity index is 363. The van der Waals surface area contributed by atoms with Crippen molar-refractivity contribution in [3.8, 4) is 0 Å². The normalized spacial score (nSPS) is 25.3. The molecule has 1 aliphatic heterocycles. The highest BCUT2D eigenvalue weighted by Gasteiger charge is 2.24. The van der Waals surface area contributed by atoms with Gasteiger partial charge in [0.25, 0.3) is 0 Å². The van der Waals surface area contributed by atoms with Crippen LogP contribution in [0.5, 0.6) is 0 Å². The molecule has 1 fully saturated rings. The predicted molar refractivity (Wildman–Crippen MR) is 74.0 cm³/mol. The second kappa shape index (κ2) is 6.32. The Labute approximate surface area is 110 Å². The third kappa shape index (κ3) is 3.31. The molecule has 0 aromatic heterocycles. The van der Waals surface area contributed by atoms with Gasteiger partial charge < -0.3 is 10.8 Å². The lowest BCUT2D eigenvalue weighted by molar-refractivity contribution is 0.145. The summed E-state index contributed by atoms with van der Waals surface area (Å²) in [6.07, 6.45) is 2.27. The van der Waals surface area contributed by atoms with Crippen LogP contribution in [0.4, 0.5) is 0 Å². The first-order chi connectivity index (χ1) is 8.72. The van der Waals surface area contributed by atoms with E-state index in [1.807, 2.05) is 12.1 Å². The Kier molecular flexibility index (Phi) is 4.75. The van der Waals surface area contributed by atoms with E-state index in [0.29, 0.717) is 12.0 Å². The zero-order chi connectivity index (χ0) is 13.0. The summed E-state index contributed by atoms with van der Waals surface area (Å²) in [4.78, 5) is 2.49. The summed E-state index contributed by atoms with van der Waals surface area (Å²) in [6, 6.07) is 8.61. The molecule has 0 aliphatic carbocycles. The number of hydrogen-bond donors (Lipinski definition) is 2. The summed E-state index contributed by atoms with van der Waals surface area (Å²) in [5, 5.41) is 9.02. The molecule has 3 N–H and O–H groups in total. The first-order valence-electron chi connectivity index (χ1n) is 6.89. The minimum absolute atomic E-state index is 0.122. The molecular weight excluding hydrogens is 224 g/mol. The first kappa shape index (κ1) is 13.5. The Balaban J connectivity index is 1.92. The number of likely N-dealkylation sites (tertiary alicyclic amines) is 1. The molecule has 18 heavy (non-hydrogen) atoms. The summed E-state index contributed by atoms with van der Waals surface area (Å²) in [5.74, 6) is 0.635. The van der Waals surface area contributed by atoms with Crippen LogP contribution in [-0.2, 0) is 13.2 Å². The first-order valence-corrected chi connectivity index (χ1v) is 6.89. The van der Waals surface area contributed by atoms with Crippen LogP contribution in [0, 0.1) is 5.92 Å². The summed E-state index contributed by atoms with van der Waals surface area (Å²) >= 11 is 0. The topological polar surface area (TPSA) is 49.5 Å². The van der Waals surface area contributed by atoms with E-state index in [2.05, 4.69) is 24.0 Å². The molecule has 0 spiro atoms. The smallest absolute Gasteiger partial charge is 0.0681 e. The molecular formula is C15H24N2O. The molecule has 0 radical (unpaired) electrons. The maximum Gasteiger partial charge on any atom is 0.0681 e. The number of benzene rings is 1. The lowest BCUT2D eigenvalue weighted by Crippen LogP contribution is -2.46. The second-order valence-electron chi connectivity index (χ2n) is 5.33. The van der Waals surface area contributed by atoms with E-state index >= 15 is 0 Å².